The monoisotopic (exact) mass is 235 g/mol. The second kappa shape index (κ2) is 4.92. The number of nitrogens with zero attached hydrogens (tertiary/aromatic N) is 1. The number of hydrogen-bond donors (Lipinski definition) is 3. The molecule has 1 aliphatic carbocycles. The van der Waals surface area contributed by atoms with Gasteiger partial charge in [0, 0.05) is 6.20 Å². The number of anilines is 2. The molecule has 1 heterocycles. The van der Waals surface area contributed by atoms with E-state index in [1.807, 2.05) is 12.1 Å². The van der Waals surface area contributed by atoms with Crippen LogP contribution in [0.4, 0.5) is 11.5 Å². The van der Waals surface area contributed by atoms with Crippen LogP contribution in [0.1, 0.15) is 32.6 Å². The van der Waals surface area contributed by atoms with Gasteiger partial charge in [0.1, 0.15) is 5.82 Å². The van der Waals surface area contributed by atoms with E-state index in [0.29, 0.717) is 5.82 Å². The van der Waals surface area contributed by atoms with Gasteiger partial charge < -0.3 is 16.2 Å². The fourth-order valence-electron chi connectivity index (χ4n) is 2.45. The quantitative estimate of drug-likeness (QED) is 0.749. The summed E-state index contributed by atoms with van der Waals surface area (Å²) in [6, 6.07) is 3.77. The number of hydrogen-bond acceptors (Lipinski definition) is 4. The summed E-state index contributed by atoms with van der Waals surface area (Å²) in [7, 11) is 0. The molecule has 4 heteroatoms. The van der Waals surface area contributed by atoms with Crippen molar-refractivity contribution in [2.45, 2.75) is 38.1 Å². The topological polar surface area (TPSA) is 71.2 Å². The molecule has 0 bridgehead atoms. The Morgan fingerprint density at radius 2 is 2.24 bits per heavy atom. The van der Waals surface area contributed by atoms with Gasteiger partial charge in [-0.15, -0.1) is 0 Å². The lowest BCUT2D eigenvalue weighted by molar-refractivity contribution is 0.155. The fraction of sp³-hybridized carbons (Fsp3) is 0.615. The average Bonchev–Trinajstić information content (AvgIpc) is 2.35. The average molecular weight is 235 g/mol. The molecular formula is C13H21N3O. The van der Waals surface area contributed by atoms with Gasteiger partial charge in [0.25, 0.3) is 0 Å². The molecule has 0 unspecified atom stereocenters. The molecule has 94 valence electrons. The Kier molecular flexibility index (Phi) is 3.52. The number of aromatic nitrogens is 1. The van der Waals surface area contributed by atoms with Crippen molar-refractivity contribution in [3.05, 3.63) is 18.3 Å². The third kappa shape index (κ3) is 2.69. The van der Waals surface area contributed by atoms with Crippen molar-refractivity contribution in [1.82, 2.24) is 4.98 Å². The predicted octanol–water partition coefficient (Wildman–Crippen LogP) is 2.02. The summed E-state index contributed by atoms with van der Waals surface area (Å²) in [6.07, 6.45) is 5.94. The predicted molar refractivity (Wildman–Crippen MR) is 69.7 cm³/mol. The van der Waals surface area contributed by atoms with Crippen LogP contribution in [0.3, 0.4) is 0 Å². The van der Waals surface area contributed by atoms with Gasteiger partial charge in [-0.2, -0.15) is 0 Å². The Balaban J connectivity index is 2.12. The van der Waals surface area contributed by atoms with Crippen LogP contribution in [0.25, 0.3) is 0 Å². The molecule has 0 spiro atoms. The Morgan fingerprint density at radius 3 is 2.82 bits per heavy atom. The third-order valence-corrected chi connectivity index (χ3v) is 3.77. The lowest BCUT2D eigenvalue weighted by Crippen LogP contribution is -2.45. The first-order valence-electron chi connectivity index (χ1n) is 6.25. The largest absolute Gasteiger partial charge is 0.394 e. The minimum absolute atomic E-state index is 0.147. The lowest BCUT2D eigenvalue weighted by Gasteiger charge is -2.39. The molecule has 0 aliphatic heterocycles. The van der Waals surface area contributed by atoms with E-state index in [4.69, 9.17) is 5.73 Å². The Hall–Kier alpha value is -1.29. The van der Waals surface area contributed by atoms with E-state index in [1.165, 1.54) is 0 Å². The molecule has 0 amide bonds. The van der Waals surface area contributed by atoms with Crippen molar-refractivity contribution in [3.8, 4) is 0 Å². The summed E-state index contributed by atoms with van der Waals surface area (Å²) in [5.41, 5.74) is 6.43. The van der Waals surface area contributed by atoms with Gasteiger partial charge >= 0.3 is 0 Å². The van der Waals surface area contributed by atoms with Crippen LogP contribution in [0, 0.1) is 5.92 Å². The summed E-state index contributed by atoms with van der Waals surface area (Å²) in [5, 5.41) is 13.1. The van der Waals surface area contributed by atoms with E-state index in [9.17, 15) is 5.11 Å². The van der Waals surface area contributed by atoms with E-state index in [0.717, 1.165) is 37.3 Å². The van der Waals surface area contributed by atoms with E-state index in [2.05, 4.69) is 17.2 Å². The van der Waals surface area contributed by atoms with Crippen molar-refractivity contribution >= 4 is 11.5 Å². The summed E-state index contributed by atoms with van der Waals surface area (Å²) >= 11 is 0. The van der Waals surface area contributed by atoms with Gasteiger partial charge in [-0.1, -0.05) is 6.92 Å². The van der Waals surface area contributed by atoms with Crippen LogP contribution in [0.5, 0.6) is 0 Å². The van der Waals surface area contributed by atoms with Crippen LogP contribution in [-0.4, -0.2) is 22.2 Å². The van der Waals surface area contributed by atoms with Crippen LogP contribution in [-0.2, 0) is 0 Å². The van der Waals surface area contributed by atoms with Gasteiger partial charge in [0.15, 0.2) is 0 Å². The number of rotatable bonds is 3. The zero-order valence-electron chi connectivity index (χ0n) is 10.3. The van der Waals surface area contributed by atoms with Crippen molar-refractivity contribution in [2.75, 3.05) is 17.7 Å². The van der Waals surface area contributed by atoms with Crippen molar-refractivity contribution in [1.29, 1.82) is 0 Å². The number of aliphatic hydroxyl groups is 1. The molecule has 0 radical (unpaired) electrons. The maximum Gasteiger partial charge on any atom is 0.146 e. The Labute approximate surface area is 102 Å². The molecule has 1 fully saturated rings. The summed E-state index contributed by atoms with van der Waals surface area (Å²) in [5.74, 6) is 1.25. The number of pyridine rings is 1. The molecular weight excluding hydrogens is 214 g/mol. The van der Waals surface area contributed by atoms with E-state index < -0.39 is 0 Å². The maximum atomic E-state index is 9.66. The highest BCUT2D eigenvalue weighted by atomic mass is 16.3. The van der Waals surface area contributed by atoms with Gasteiger partial charge in [-0.25, -0.2) is 4.98 Å². The molecule has 2 rings (SSSR count). The first-order valence-corrected chi connectivity index (χ1v) is 6.25. The highest BCUT2D eigenvalue weighted by molar-refractivity contribution is 5.62. The summed E-state index contributed by atoms with van der Waals surface area (Å²) in [6.45, 7) is 2.41. The standard InChI is InChI=1S/C13H21N3O/c1-10-4-6-13(9-17,7-5-10)16-11-3-2-8-15-12(11)14/h2-3,8,10,16-17H,4-7,9H2,1H3,(H2,14,15). The number of nitrogens with two attached hydrogens (primary N) is 1. The SMILES string of the molecule is CC1CCC(CO)(Nc2cccnc2N)CC1. The van der Waals surface area contributed by atoms with Crippen LogP contribution in [0.2, 0.25) is 0 Å². The molecule has 0 atom stereocenters. The first-order chi connectivity index (χ1) is 8.15. The van der Waals surface area contributed by atoms with E-state index >= 15 is 0 Å². The van der Waals surface area contributed by atoms with Gasteiger partial charge in [0.2, 0.25) is 0 Å². The smallest absolute Gasteiger partial charge is 0.146 e. The maximum absolute atomic E-state index is 9.66. The number of aliphatic hydroxyl groups excluding tert-OH is 1. The number of nitrogen functional groups attached to an aromatic ring is 1. The normalized spacial score (nSPS) is 28.9. The third-order valence-electron chi connectivity index (χ3n) is 3.77. The van der Waals surface area contributed by atoms with Gasteiger partial charge in [-0.05, 0) is 43.7 Å². The highest BCUT2D eigenvalue weighted by Gasteiger charge is 2.33. The molecule has 4 N–H and O–H groups in total. The van der Waals surface area contributed by atoms with Crippen molar-refractivity contribution in [2.24, 2.45) is 5.92 Å². The molecule has 1 aliphatic rings. The zero-order valence-corrected chi connectivity index (χ0v) is 10.3. The Bertz CT molecular complexity index is 373. The van der Waals surface area contributed by atoms with Gasteiger partial charge in [0.05, 0.1) is 17.8 Å². The zero-order chi connectivity index (χ0) is 12.3. The van der Waals surface area contributed by atoms with Crippen LogP contribution >= 0.6 is 0 Å². The van der Waals surface area contributed by atoms with E-state index in [-0.39, 0.29) is 12.1 Å². The first kappa shape index (κ1) is 12.2. The van der Waals surface area contributed by atoms with E-state index in [1.54, 1.807) is 6.20 Å². The molecule has 0 aromatic carbocycles. The molecule has 0 saturated heterocycles. The van der Waals surface area contributed by atoms with Gasteiger partial charge in [-0.3, -0.25) is 0 Å². The number of nitrogens with one attached hydrogen (secondary N) is 1. The second-order valence-electron chi connectivity index (χ2n) is 5.18. The second-order valence-corrected chi connectivity index (χ2v) is 5.18. The molecule has 17 heavy (non-hydrogen) atoms. The molecule has 4 nitrogen and oxygen atoms in total. The minimum atomic E-state index is -0.219. The summed E-state index contributed by atoms with van der Waals surface area (Å²) < 4.78 is 0. The highest BCUT2D eigenvalue weighted by Crippen LogP contribution is 2.35. The molecule has 1 aromatic rings. The van der Waals surface area contributed by atoms with Crippen LogP contribution in [0.15, 0.2) is 18.3 Å². The fourth-order valence-corrected chi connectivity index (χ4v) is 2.45. The molecule has 1 aromatic heterocycles. The Morgan fingerprint density at radius 1 is 1.53 bits per heavy atom. The van der Waals surface area contributed by atoms with Crippen molar-refractivity contribution in [3.63, 3.8) is 0 Å². The summed E-state index contributed by atoms with van der Waals surface area (Å²) in [4.78, 5) is 4.06. The molecule has 1 saturated carbocycles. The van der Waals surface area contributed by atoms with Crippen LogP contribution < -0.4 is 11.1 Å². The minimum Gasteiger partial charge on any atom is -0.394 e. The van der Waals surface area contributed by atoms with Crippen molar-refractivity contribution < 1.29 is 5.11 Å². The lowest BCUT2D eigenvalue weighted by atomic mass is 9.77.